The predicted molar refractivity (Wildman–Crippen MR) is 60.2 cm³/mol. The van der Waals surface area contributed by atoms with Crippen molar-refractivity contribution < 1.29 is 4.79 Å². The van der Waals surface area contributed by atoms with E-state index >= 15 is 0 Å². The summed E-state index contributed by atoms with van der Waals surface area (Å²) < 4.78 is 0. The molecule has 0 unspecified atom stereocenters. The van der Waals surface area contributed by atoms with Crippen LogP contribution in [0.5, 0.6) is 0 Å². The minimum atomic E-state index is -0.474. The fourth-order valence-corrected chi connectivity index (χ4v) is 1.14. The van der Waals surface area contributed by atoms with Gasteiger partial charge in [-0.25, -0.2) is 4.98 Å². The van der Waals surface area contributed by atoms with Crippen LogP contribution in [0.25, 0.3) is 0 Å². The Bertz CT molecular complexity index is 361. The van der Waals surface area contributed by atoms with Crippen LogP contribution in [-0.2, 0) is 11.2 Å². The van der Waals surface area contributed by atoms with Crippen molar-refractivity contribution in [3.8, 4) is 0 Å². The average Bonchev–Trinajstić information content (AvgIpc) is 2.17. The van der Waals surface area contributed by atoms with Crippen molar-refractivity contribution >= 4 is 11.6 Å². The summed E-state index contributed by atoms with van der Waals surface area (Å²) in [5.41, 5.74) is 11.5. The molecule has 1 rings (SSSR count). The van der Waals surface area contributed by atoms with Crippen molar-refractivity contribution in [2.75, 3.05) is 12.3 Å². The first-order valence-electron chi connectivity index (χ1n) is 4.89. The molecule has 1 aromatic heterocycles. The van der Waals surface area contributed by atoms with Gasteiger partial charge in [-0.1, -0.05) is 13.8 Å². The highest BCUT2D eigenvalue weighted by atomic mass is 16.1. The molecule has 4 heteroatoms. The van der Waals surface area contributed by atoms with Crippen LogP contribution in [0.15, 0.2) is 18.3 Å². The molecule has 0 radical (unpaired) electrons. The number of hydrogen-bond acceptors (Lipinski definition) is 4. The molecule has 0 saturated carbocycles. The van der Waals surface area contributed by atoms with Crippen molar-refractivity contribution in [3.63, 3.8) is 0 Å². The highest BCUT2D eigenvalue weighted by Gasteiger charge is 2.25. The fraction of sp³-hybridized carbons (Fsp3) is 0.455. The van der Waals surface area contributed by atoms with Gasteiger partial charge < -0.3 is 11.5 Å². The molecule has 4 N–H and O–H groups in total. The number of rotatable bonds is 4. The molecule has 82 valence electrons. The molecular formula is C11H17N3O. The average molecular weight is 207 g/mol. The second-order valence-electron chi connectivity index (χ2n) is 4.28. The molecule has 0 aromatic carbocycles. The summed E-state index contributed by atoms with van der Waals surface area (Å²) >= 11 is 0. The van der Waals surface area contributed by atoms with Crippen LogP contribution < -0.4 is 11.5 Å². The second-order valence-corrected chi connectivity index (χ2v) is 4.28. The Balaban J connectivity index is 2.75. The van der Waals surface area contributed by atoms with E-state index in [4.69, 9.17) is 11.5 Å². The number of Topliss-reactive ketones (excluding diaryl/α,β-unsaturated/α-hetero) is 1. The Labute approximate surface area is 89.7 Å². The summed E-state index contributed by atoms with van der Waals surface area (Å²) in [6.45, 7) is 4.05. The SMILES string of the molecule is CC(C)(CN)C(=O)Cc1ccnc(N)c1. The lowest BCUT2D eigenvalue weighted by atomic mass is 9.85. The number of nitrogens with two attached hydrogens (primary N) is 2. The third-order valence-corrected chi connectivity index (χ3v) is 2.48. The minimum absolute atomic E-state index is 0.121. The topological polar surface area (TPSA) is 82.0 Å². The van der Waals surface area contributed by atoms with E-state index in [0.717, 1.165) is 5.56 Å². The maximum Gasteiger partial charge on any atom is 0.144 e. The summed E-state index contributed by atoms with van der Waals surface area (Å²) in [6.07, 6.45) is 1.96. The van der Waals surface area contributed by atoms with E-state index in [1.165, 1.54) is 0 Å². The normalized spacial score (nSPS) is 11.4. The van der Waals surface area contributed by atoms with E-state index in [0.29, 0.717) is 18.8 Å². The zero-order valence-electron chi connectivity index (χ0n) is 9.16. The van der Waals surface area contributed by atoms with Crippen LogP contribution in [0.1, 0.15) is 19.4 Å². The molecule has 0 aliphatic rings. The fourth-order valence-electron chi connectivity index (χ4n) is 1.14. The first-order valence-corrected chi connectivity index (χ1v) is 4.89. The smallest absolute Gasteiger partial charge is 0.144 e. The number of hydrogen-bond donors (Lipinski definition) is 2. The van der Waals surface area contributed by atoms with Crippen molar-refractivity contribution in [3.05, 3.63) is 23.9 Å². The minimum Gasteiger partial charge on any atom is -0.384 e. The standard InChI is InChI=1S/C11H17N3O/c1-11(2,7-12)9(15)5-8-3-4-14-10(13)6-8/h3-4,6H,5,7,12H2,1-2H3,(H2,13,14). The Hall–Kier alpha value is -1.42. The molecule has 1 heterocycles. The quantitative estimate of drug-likeness (QED) is 0.763. The molecule has 0 aliphatic carbocycles. The van der Waals surface area contributed by atoms with Crippen LogP contribution in [0.4, 0.5) is 5.82 Å². The van der Waals surface area contributed by atoms with Crippen molar-refractivity contribution in [2.24, 2.45) is 11.1 Å². The molecule has 0 bridgehead atoms. The van der Waals surface area contributed by atoms with Gasteiger partial charge in [0.25, 0.3) is 0 Å². The molecular weight excluding hydrogens is 190 g/mol. The van der Waals surface area contributed by atoms with Gasteiger partial charge in [-0.3, -0.25) is 4.79 Å². The molecule has 0 fully saturated rings. The van der Waals surface area contributed by atoms with Crippen molar-refractivity contribution in [1.29, 1.82) is 0 Å². The van der Waals surface area contributed by atoms with Crippen LogP contribution >= 0.6 is 0 Å². The number of nitrogen functional groups attached to an aromatic ring is 1. The maximum atomic E-state index is 11.8. The zero-order chi connectivity index (χ0) is 11.5. The second kappa shape index (κ2) is 4.40. The van der Waals surface area contributed by atoms with Crippen LogP contribution in [0.2, 0.25) is 0 Å². The number of carbonyl (C=O) groups excluding carboxylic acids is 1. The lowest BCUT2D eigenvalue weighted by Gasteiger charge is -2.20. The first kappa shape index (κ1) is 11.7. The van der Waals surface area contributed by atoms with Crippen molar-refractivity contribution in [2.45, 2.75) is 20.3 Å². The Kier molecular flexibility index (Phi) is 3.42. The molecule has 1 aromatic rings. The van der Waals surface area contributed by atoms with E-state index in [2.05, 4.69) is 4.98 Å². The van der Waals surface area contributed by atoms with Crippen LogP contribution in [-0.4, -0.2) is 17.3 Å². The van der Waals surface area contributed by atoms with Gasteiger partial charge in [-0.2, -0.15) is 0 Å². The summed E-state index contributed by atoms with van der Waals surface area (Å²) in [5.74, 6) is 0.557. The Morgan fingerprint density at radius 2 is 2.20 bits per heavy atom. The molecule has 0 amide bonds. The Morgan fingerprint density at radius 3 is 2.73 bits per heavy atom. The number of ketones is 1. The van der Waals surface area contributed by atoms with Gasteiger partial charge in [0.2, 0.25) is 0 Å². The van der Waals surface area contributed by atoms with Gasteiger partial charge in [-0.05, 0) is 17.7 Å². The highest BCUT2D eigenvalue weighted by Crippen LogP contribution is 2.17. The van der Waals surface area contributed by atoms with E-state index in [9.17, 15) is 4.79 Å². The van der Waals surface area contributed by atoms with Gasteiger partial charge in [0.15, 0.2) is 0 Å². The molecule has 4 nitrogen and oxygen atoms in total. The monoisotopic (exact) mass is 207 g/mol. The number of nitrogens with zero attached hydrogens (tertiary/aromatic N) is 1. The first-order chi connectivity index (χ1) is 6.95. The van der Waals surface area contributed by atoms with E-state index in [1.54, 1.807) is 18.3 Å². The largest absolute Gasteiger partial charge is 0.384 e. The van der Waals surface area contributed by atoms with Crippen LogP contribution in [0, 0.1) is 5.41 Å². The lowest BCUT2D eigenvalue weighted by molar-refractivity contribution is -0.125. The predicted octanol–water partition coefficient (Wildman–Crippen LogP) is 0.760. The van der Waals surface area contributed by atoms with E-state index in [1.807, 2.05) is 13.8 Å². The van der Waals surface area contributed by atoms with Gasteiger partial charge in [-0.15, -0.1) is 0 Å². The molecule has 15 heavy (non-hydrogen) atoms. The van der Waals surface area contributed by atoms with E-state index < -0.39 is 5.41 Å². The van der Waals surface area contributed by atoms with Gasteiger partial charge in [0, 0.05) is 24.6 Å². The number of pyridine rings is 1. The van der Waals surface area contributed by atoms with Crippen molar-refractivity contribution in [1.82, 2.24) is 4.98 Å². The Morgan fingerprint density at radius 1 is 1.53 bits per heavy atom. The number of carbonyl (C=O) groups is 1. The number of aromatic nitrogens is 1. The third-order valence-electron chi connectivity index (χ3n) is 2.48. The van der Waals surface area contributed by atoms with E-state index in [-0.39, 0.29) is 5.78 Å². The number of anilines is 1. The third kappa shape index (κ3) is 3.02. The molecule has 0 spiro atoms. The maximum absolute atomic E-state index is 11.8. The summed E-state index contributed by atoms with van der Waals surface area (Å²) in [6, 6.07) is 3.51. The van der Waals surface area contributed by atoms with Gasteiger partial charge >= 0.3 is 0 Å². The summed E-state index contributed by atoms with van der Waals surface area (Å²) in [5, 5.41) is 0. The summed E-state index contributed by atoms with van der Waals surface area (Å²) in [7, 11) is 0. The van der Waals surface area contributed by atoms with Gasteiger partial charge in [0.1, 0.15) is 11.6 Å². The molecule has 0 aliphatic heterocycles. The lowest BCUT2D eigenvalue weighted by Crippen LogP contribution is -2.33. The zero-order valence-corrected chi connectivity index (χ0v) is 9.16. The molecule has 0 saturated heterocycles. The van der Waals surface area contributed by atoms with Crippen LogP contribution in [0.3, 0.4) is 0 Å². The summed E-state index contributed by atoms with van der Waals surface area (Å²) in [4.78, 5) is 15.7. The van der Waals surface area contributed by atoms with Gasteiger partial charge in [0.05, 0.1) is 0 Å². The molecule has 0 atom stereocenters. The highest BCUT2D eigenvalue weighted by molar-refractivity contribution is 5.86.